The quantitative estimate of drug-likeness (QED) is 0.104. The Kier molecular flexibility index (Phi) is 9.58. The number of carbonyl (C=O) groups is 2. The van der Waals surface area contributed by atoms with Gasteiger partial charge in [-0.05, 0) is 78.9 Å². The Bertz CT molecular complexity index is 1930. The van der Waals surface area contributed by atoms with Crippen LogP contribution in [0.3, 0.4) is 0 Å². The van der Waals surface area contributed by atoms with Gasteiger partial charge in [-0.25, -0.2) is 9.59 Å². The molecule has 1 fully saturated rings. The summed E-state index contributed by atoms with van der Waals surface area (Å²) in [6, 6.07) is 27.3. The molecule has 15 heteroatoms. The second-order valence-electron chi connectivity index (χ2n) is 10.3. The first-order valence-electron chi connectivity index (χ1n) is 14.7. The van der Waals surface area contributed by atoms with Crippen LogP contribution >= 0.6 is 0 Å². The highest BCUT2D eigenvalue weighted by Crippen LogP contribution is 2.26. The summed E-state index contributed by atoms with van der Waals surface area (Å²) < 4.78 is 5.49. The van der Waals surface area contributed by atoms with Crippen molar-refractivity contribution < 1.29 is 24.5 Å². The summed E-state index contributed by atoms with van der Waals surface area (Å²) in [5, 5.41) is 41.7. The molecule has 1 aromatic heterocycles. The molecular formula is C33H28N10O5. The minimum absolute atomic E-state index is 0.0987. The molecule has 2 heterocycles. The van der Waals surface area contributed by atoms with E-state index >= 15 is 0 Å². The van der Waals surface area contributed by atoms with Gasteiger partial charge in [0.1, 0.15) is 0 Å². The molecule has 48 heavy (non-hydrogen) atoms. The molecule has 1 saturated heterocycles. The number of benzene rings is 4. The van der Waals surface area contributed by atoms with E-state index in [1.54, 1.807) is 24.3 Å². The van der Waals surface area contributed by atoms with Crippen molar-refractivity contribution in [2.75, 3.05) is 41.8 Å². The molecule has 0 aliphatic carbocycles. The summed E-state index contributed by atoms with van der Waals surface area (Å²) in [7, 11) is 0. The molecule has 4 aromatic carbocycles. The highest BCUT2D eigenvalue weighted by atomic mass is 16.5. The maximum absolute atomic E-state index is 11.4. The molecular weight excluding hydrogens is 616 g/mol. The largest absolute Gasteiger partial charge is 0.478 e. The Morgan fingerprint density at radius 3 is 1.54 bits per heavy atom. The summed E-state index contributed by atoms with van der Waals surface area (Å²) in [5.41, 5.74) is 3.02. The number of hydrogen-bond donors (Lipinski definition) is 4. The number of anilines is 5. The number of aromatic carboxylic acids is 2. The molecule has 1 aliphatic heterocycles. The van der Waals surface area contributed by atoms with Crippen LogP contribution in [0.1, 0.15) is 20.7 Å². The first kappa shape index (κ1) is 31.4. The maximum Gasteiger partial charge on any atom is 0.335 e. The molecule has 0 radical (unpaired) electrons. The van der Waals surface area contributed by atoms with E-state index in [-0.39, 0.29) is 16.8 Å². The van der Waals surface area contributed by atoms with E-state index < -0.39 is 11.9 Å². The Balaban J connectivity index is 1.18. The summed E-state index contributed by atoms with van der Waals surface area (Å²) in [6.07, 6.45) is 0. The molecule has 240 valence electrons. The van der Waals surface area contributed by atoms with Crippen LogP contribution in [0.4, 0.5) is 52.0 Å². The van der Waals surface area contributed by atoms with E-state index in [0.717, 1.165) is 17.4 Å². The van der Waals surface area contributed by atoms with Crippen LogP contribution in [0.15, 0.2) is 118 Å². The monoisotopic (exact) mass is 644 g/mol. The Morgan fingerprint density at radius 1 is 0.604 bits per heavy atom. The zero-order valence-electron chi connectivity index (χ0n) is 25.3. The molecule has 0 bridgehead atoms. The zero-order valence-corrected chi connectivity index (χ0v) is 25.3. The second-order valence-corrected chi connectivity index (χ2v) is 10.3. The van der Waals surface area contributed by atoms with E-state index in [1.807, 2.05) is 59.5 Å². The minimum atomic E-state index is -1.27. The van der Waals surface area contributed by atoms with Crippen LogP contribution in [0, 0.1) is 0 Å². The van der Waals surface area contributed by atoms with Gasteiger partial charge >= 0.3 is 11.9 Å². The summed E-state index contributed by atoms with van der Waals surface area (Å²) in [5.74, 6) is -1.40. The average molecular weight is 645 g/mol. The van der Waals surface area contributed by atoms with Crippen molar-refractivity contribution in [2.24, 2.45) is 20.5 Å². The van der Waals surface area contributed by atoms with Gasteiger partial charge in [0.25, 0.3) is 0 Å². The molecule has 0 atom stereocenters. The van der Waals surface area contributed by atoms with Gasteiger partial charge in [0.05, 0.1) is 47.1 Å². The van der Waals surface area contributed by atoms with Crippen LogP contribution in [0.2, 0.25) is 0 Å². The van der Waals surface area contributed by atoms with Gasteiger partial charge in [-0.1, -0.05) is 18.2 Å². The van der Waals surface area contributed by atoms with E-state index in [4.69, 9.17) is 4.74 Å². The lowest BCUT2D eigenvalue weighted by atomic mass is 10.1. The topological polar surface area (TPSA) is 199 Å². The van der Waals surface area contributed by atoms with E-state index in [9.17, 15) is 19.8 Å². The number of rotatable bonds is 11. The molecule has 0 unspecified atom stereocenters. The fourth-order valence-electron chi connectivity index (χ4n) is 4.50. The standard InChI is InChI=1S/C33H28N10O5/c44-29(45)21-18-22(30(46)47)20-28(19-21)42-41-27-12-8-24(9-13-27)35-32-36-31(37-33(38-32)43-14-16-48-17-15-43)34-23-6-10-26(11-7-23)40-39-25-4-2-1-3-5-25/h1-13,18-20H,14-17H2,(H,44,45)(H,46,47)(H2,34,35,36,37,38). The van der Waals surface area contributed by atoms with Crippen LogP contribution in [0.5, 0.6) is 0 Å². The summed E-state index contributed by atoms with van der Waals surface area (Å²) in [6.45, 7) is 2.38. The number of carboxylic acid groups (broad SMARTS) is 2. The van der Waals surface area contributed by atoms with Gasteiger partial charge < -0.3 is 30.5 Å². The lowest BCUT2D eigenvalue weighted by molar-refractivity contribution is 0.0696. The molecule has 1 aliphatic rings. The average Bonchev–Trinajstić information content (AvgIpc) is 3.11. The van der Waals surface area contributed by atoms with Crippen molar-refractivity contribution in [1.29, 1.82) is 0 Å². The fourth-order valence-corrected chi connectivity index (χ4v) is 4.50. The van der Waals surface area contributed by atoms with Crippen molar-refractivity contribution in [3.63, 3.8) is 0 Å². The van der Waals surface area contributed by atoms with Gasteiger partial charge in [0.15, 0.2) is 0 Å². The maximum atomic E-state index is 11.4. The first-order valence-corrected chi connectivity index (χ1v) is 14.7. The van der Waals surface area contributed by atoms with Crippen molar-refractivity contribution in [2.45, 2.75) is 0 Å². The van der Waals surface area contributed by atoms with Gasteiger partial charge in [-0.2, -0.15) is 35.4 Å². The lowest BCUT2D eigenvalue weighted by Gasteiger charge is -2.27. The zero-order chi connectivity index (χ0) is 33.3. The third kappa shape index (κ3) is 8.35. The summed E-state index contributed by atoms with van der Waals surface area (Å²) >= 11 is 0. The SMILES string of the molecule is O=C(O)c1cc(N=Nc2ccc(Nc3nc(Nc4ccc(N=Nc5ccccc5)cc4)nc(N4CCOCC4)n3)cc2)cc(C(=O)O)c1. The van der Waals surface area contributed by atoms with E-state index in [1.165, 1.54) is 12.1 Å². The molecule has 4 N–H and O–H groups in total. The normalized spacial score (nSPS) is 13.1. The first-order chi connectivity index (χ1) is 23.4. The van der Waals surface area contributed by atoms with Gasteiger partial charge in [-0.3, -0.25) is 0 Å². The number of nitrogens with one attached hydrogen (secondary N) is 2. The van der Waals surface area contributed by atoms with Crippen molar-refractivity contribution in [1.82, 2.24) is 15.0 Å². The number of ether oxygens (including phenoxy) is 1. The molecule has 0 amide bonds. The van der Waals surface area contributed by atoms with Crippen LogP contribution in [-0.4, -0.2) is 63.4 Å². The predicted molar refractivity (Wildman–Crippen MR) is 177 cm³/mol. The van der Waals surface area contributed by atoms with Gasteiger partial charge in [-0.15, -0.1) is 0 Å². The summed E-state index contributed by atoms with van der Waals surface area (Å²) in [4.78, 5) is 38.7. The van der Waals surface area contributed by atoms with Crippen molar-refractivity contribution in [3.05, 3.63) is 108 Å². The van der Waals surface area contributed by atoms with Crippen LogP contribution < -0.4 is 15.5 Å². The highest BCUT2D eigenvalue weighted by molar-refractivity contribution is 5.95. The Labute approximate surface area is 273 Å². The van der Waals surface area contributed by atoms with E-state index in [2.05, 4.69) is 46.0 Å². The van der Waals surface area contributed by atoms with Crippen molar-refractivity contribution >= 4 is 63.9 Å². The van der Waals surface area contributed by atoms with Gasteiger partial charge in [0, 0.05) is 24.5 Å². The molecule has 5 aromatic rings. The van der Waals surface area contributed by atoms with Crippen LogP contribution in [-0.2, 0) is 4.74 Å². The van der Waals surface area contributed by atoms with E-state index in [0.29, 0.717) is 61.2 Å². The third-order valence-corrected chi connectivity index (χ3v) is 6.89. The highest BCUT2D eigenvalue weighted by Gasteiger charge is 2.17. The predicted octanol–water partition coefficient (Wildman–Crippen LogP) is 7.42. The Morgan fingerprint density at radius 2 is 1.06 bits per heavy atom. The van der Waals surface area contributed by atoms with Crippen molar-refractivity contribution in [3.8, 4) is 0 Å². The number of hydrogen-bond acceptors (Lipinski definition) is 13. The minimum Gasteiger partial charge on any atom is -0.478 e. The van der Waals surface area contributed by atoms with Crippen LogP contribution in [0.25, 0.3) is 0 Å². The van der Waals surface area contributed by atoms with Gasteiger partial charge in [0.2, 0.25) is 17.8 Å². The number of nitrogens with zero attached hydrogens (tertiary/aromatic N) is 8. The second kappa shape index (κ2) is 14.7. The number of azo groups is 2. The fraction of sp³-hybridized carbons (Fsp3) is 0.121. The molecule has 0 saturated carbocycles. The third-order valence-electron chi connectivity index (χ3n) is 6.89. The molecule has 15 nitrogen and oxygen atoms in total. The smallest absolute Gasteiger partial charge is 0.335 e. The number of morpholine rings is 1. The molecule has 0 spiro atoms. The molecule has 6 rings (SSSR count). The lowest BCUT2D eigenvalue weighted by Crippen LogP contribution is -2.37. The number of aromatic nitrogens is 3. The Hall–Kier alpha value is -6.61. The number of carboxylic acids is 2.